The van der Waals surface area contributed by atoms with Crippen molar-refractivity contribution in [3.63, 3.8) is 0 Å². The summed E-state index contributed by atoms with van der Waals surface area (Å²) in [6.07, 6.45) is 0. The van der Waals surface area contributed by atoms with Crippen molar-refractivity contribution in [1.82, 2.24) is 15.0 Å². The van der Waals surface area contributed by atoms with Crippen LogP contribution in [0.5, 0.6) is 0 Å². The van der Waals surface area contributed by atoms with E-state index >= 15 is 0 Å². The van der Waals surface area contributed by atoms with Gasteiger partial charge in [-0.25, -0.2) is 15.0 Å². The first kappa shape index (κ1) is 39.6. The molecule has 1 heterocycles. The second-order valence-corrected chi connectivity index (χ2v) is 17.8. The smallest absolute Gasteiger partial charge is 0.164 e. The molecule has 0 amide bonds. The third kappa shape index (κ3) is 5.96. The monoisotopic (exact) mass is 865 g/mol. The Kier molecular flexibility index (Phi) is 9.29. The van der Waals surface area contributed by atoms with Crippen molar-refractivity contribution in [1.29, 1.82) is 0 Å². The van der Waals surface area contributed by atoms with Gasteiger partial charge in [0.15, 0.2) is 17.5 Å². The molecule has 0 N–H and O–H groups in total. The van der Waals surface area contributed by atoms with Gasteiger partial charge in [0.2, 0.25) is 0 Å². The van der Waals surface area contributed by atoms with Gasteiger partial charge in [-0.3, -0.25) is 0 Å². The van der Waals surface area contributed by atoms with E-state index in [1.165, 1.54) is 61.2 Å². The summed E-state index contributed by atoms with van der Waals surface area (Å²) in [4.78, 5) is 15.3. The minimum absolute atomic E-state index is 0.550. The number of benzene rings is 10. The molecule has 0 radical (unpaired) electrons. The maximum Gasteiger partial charge on any atom is 0.164 e. The van der Waals surface area contributed by atoms with Crippen LogP contribution in [0, 0.1) is 0 Å². The number of hydrogen-bond acceptors (Lipinski definition) is 3. The van der Waals surface area contributed by atoms with Crippen molar-refractivity contribution >= 4 is 0 Å². The molecule has 11 aromatic rings. The van der Waals surface area contributed by atoms with Gasteiger partial charge in [0.25, 0.3) is 0 Å². The molecular weight excluding hydrogens is 823 g/mol. The molecule has 0 bridgehead atoms. The number of nitrogens with zero attached hydrogens (tertiary/aromatic N) is 3. The Morgan fingerprint density at radius 2 is 0.588 bits per heavy atom. The highest BCUT2D eigenvalue weighted by molar-refractivity contribution is 5.97. The molecule has 1 spiro atoms. The van der Waals surface area contributed by atoms with Crippen LogP contribution in [0.2, 0.25) is 0 Å². The molecule has 2 aliphatic carbocycles. The Morgan fingerprint density at radius 3 is 1.16 bits per heavy atom. The lowest BCUT2D eigenvalue weighted by Crippen LogP contribution is -2.44. The molecule has 2 aliphatic rings. The molecule has 0 aliphatic heterocycles. The lowest BCUT2D eigenvalue weighted by atomic mass is 9.51. The Morgan fingerprint density at radius 1 is 0.221 bits per heavy atom. The van der Waals surface area contributed by atoms with Crippen molar-refractivity contribution in [2.45, 2.75) is 10.8 Å². The topological polar surface area (TPSA) is 38.7 Å². The lowest BCUT2D eigenvalue weighted by molar-refractivity contribution is 0.623. The highest BCUT2D eigenvalue weighted by Gasteiger charge is 2.56. The normalized spacial score (nSPS) is 13.5. The number of fused-ring (bicyclic) bond motifs is 9. The second-order valence-electron chi connectivity index (χ2n) is 17.8. The fourth-order valence-electron chi connectivity index (χ4n) is 11.5. The van der Waals surface area contributed by atoms with E-state index in [2.05, 4.69) is 237 Å². The maximum atomic E-state index is 5.16. The van der Waals surface area contributed by atoms with Crippen molar-refractivity contribution in [3.8, 4) is 67.5 Å². The van der Waals surface area contributed by atoms with Gasteiger partial charge in [-0.2, -0.15) is 0 Å². The van der Waals surface area contributed by atoms with Crippen LogP contribution in [-0.4, -0.2) is 15.0 Å². The Balaban J connectivity index is 0.981. The van der Waals surface area contributed by atoms with Crippen LogP contribution in [0.15, 0.2) is 261 Å². The standard InChI is InChI=1S/C65H43N3/c1-5-21-44(22-6-1)48-25-19-26-49(43-48)63-67-61(46-23-7-2-8-24-46)66-62(68-63)47-41-39-45(40-42-47)52-32-20-38-59-60(52)53-31-13-14-33-54(53)65(59)57-36-17-15-34-55(57)64(50-27-9-3-10-28-50,51-29-11-4-12-30-51)56-35-16-18-37-58(56)65/h1-43H. The van der Waals surface area contributed by atoms with Crippen LogP contribution in [-0.2, 0) is 10.8 Å². The molecule has 0 fully saturated rings. The fraction of sp³-hybridized carbons (Fsp3) is 0.0308. The van der Waals surface area contributed by atoms with E-state index in [0.29, 0.717) is 17.5 Å². The maximum absolute atomic E-state index is 5.16. The van der Waals surface area contributed by atoms with E-state index in [-0.39, 0.29) is 0 Å². The van der Waals surface area contributed by atoms with Gasteiger partial charge >= 0.3 is 0 Å². The molecule has 3 heteroatoms. The zero-order valence-corrected chi connectivity index (χ0v) is 37.2. The zero-order valence-electron chi connectivity index (χ0n) is 37.2. The average Bonchev–Trinajstić information content (AvgIpc) is 3.73. The highest BCUT2D eigenvalue weighted by Crippen LogP contribution is 2.65. The summed E-state index contributed by atoms with van der Waals surface area (Å²) >= 11 is 0. The number of hydrogen-bond donors (Lipinski definition) is 0. The van der Waals surface area contributed by atoms with E-state index < -0.39 is 10.8 Å². The van der Waals surface area contributed by atoms with E-state index in [0.717, 1.165) is 33.4 Å². The summed E-state index contributed by atoms with van der Waals surface area (Å²) in [6, 6.07) is 94.5. The Bertz CT molecular complexity index is 3570. The number of aromatic nitrogens is 3. The summed E-state index contributed by atoms with van der Waals surface area (Å²) in [5.41, 5.74) is 19.1. The van der Waals surface area contributed by atoms with Gasteiger partial charge in [-0.05, 0) is 84.0 Å². The summed E-state index contributed by atoms with van der Waals surface area (Å²) in [6.45, 7) is 0. The molecule has 68 heavy (non-hydrogen) atoms. The molecule has 13 rings (SSSR count). The van der Waals surface area contributed by atoms with Gasteiger partial charge < -0.3 is 0 Å². The summed E-state index contributed by atoms with van der Waals surface area (Å²) in [5, 5.41) is 0. The summed E-state index contributed by atoms with van der Waals surface area (Å²) in [5.74, 6) is 1.90. The number of rotatable bonds is 7. The Labute approximate surface area is 396 Å². The molecular formula is C65H43N3. The minimum Gasteiger partial charge on any atom is -0.208 e. The van der Waals surface area contributed by atoms with E-state index in [1.807, 2.05) is 24.3 Å². The third-order valence-corrected chi connectivity index (χ3v) is 14.3. The minimum atomic E-state index is -0.574. The van der Waals surface area contributed by atoms with Gasteiger partial charge in [0, 0.05) is 16.7 Å². The molecule has 10 aromatic carbocycles. The summed E-state index contributed by atoms with van der Waals surface area (Å²) in [7, 11) is 0. The van der Waals surface area contributed by atoms with Crippen LogP contribution in [0.3, 0.4) is 0 Å². The molecule has 3 nitrogen and oxygen atoms in total. The van der Waals surface area contributed by atoms with Gasteiger partial charge in [0.05, 0.1) is 10.8 Å². The van der Waals surface area contributed by atoms with Crippen molar-refractivity contribution in [2.75, 3.05) is 0 Å². The van der Waals surface area contributed by atoms with Gasteiger partial charge in [-0.15, -0.1) is 0 Å². The van der Waals surface area contributed by atoms with Crippen LogP contribution in [0.1, 0.15) is 44.5 Å². The van der Waals surface area contributed by atoms with Crippen molar-refractivity contribution in [2.24, 2.45) is 0 Å². The van der Waals surface area contributed by atoms with E-state index in [1.54, 1.807) is 0 Å². The first-order valence-electron chi connectivity index (χ1n) is 23.4. The van der Waals surface area contributed by atoms with Crippen LogP contribution in [0.25, 0.3) is 67.5 Å². The summed E-state index contributed by atoms with van der Waals surface area (Å²) < 4.78 is 0. The zero-order chi connectivity index (χ0) is 45.1. The molecule has 0 atom stereocenters. The van der Waals surface area contributed by atoms with Crippen LogP contribution in [0.4, 0.5) is 0 Å². The Hall–Kier alpha value is -8.79. The molecule has 0 unspecified atom stereocenters. The average molecular weight is 866 g/mol. The van der Waals surface area contributed by atoms with Gasteiger partial charge in [-0.1, -0.05) is 255 Å². The van der Waals surface area contributed by atoms with Crippen molar-refractivity contribution in [3.05, 3.63) is 305 Å². The molecule has 318 valence electrons. The molecule has 0 saturated heterocycles. The third-order valence-electron chi connectivity index (χ3n) is 14.3. The predicted octanol–water partition coefficient (Wildman–Crippen LogP) is 15.3. The van der Waals surface area contributed by atoms with Crippen LogP contribution < -0.4 is 0 Å². The first-order chi connectivity index (χ1) is 33.7. The largest absolute Gasteiger partial charge is 0.208 e. The first-order valence-corrected chi connectivity index (χ1v) is 23.4. The fourth-order valence-corrected chi connectivity index (χ4v) is 11.5. The molecule has 0 saturated carbocycles. The predicted molar refractivity (Wildman–Crippen MR) is 276 cm³/mol. The van der Waals surface area contributed by atoms with E-state index in [9.17, 15) is 0 Å². The lowest BCUT2D eigenvalue weighted by Gasteiger charge is -2.50. The van der Waals surface area contributed by atoms with Crippen LogP contribution >= 0.6 is 0 Å². The SMILES string of the molecule is c1ccc(-c2cccc(-c3nc(-c4ccccc4)nc(-c4ccc(-c5cccc6c5-c5ccccc5C65c6ccccc6C(c6ccccc6)(c6ccccc6)c6ccccc65)cc4)n3)c2)cc1. The van der Waals surface area contributed by atoms with E-state index in [4.69, 9.17) is 15.0 Å². The van der Waals surface area contributed by atoms with Crippen molar-refractivity contribution < 1.29 is 0 Å². The highest BCUT2D eigenvalue weighted by atomic mass is 15.0. The quantitative estimate of drug-likeness (QED) is 0.160. The van der Waals surface area contributed by atoms with Gasteiger partial charge in [0.1, 0.15) is 0 Å². The second kappa shape index (κ2) is 16.0. The molecule has 1 aromatic heterocycles.